The number of carboxylic acids is 1. The number of benzene rings is 1. The highest BCUT2D eigenvalue weighted by molar-refractivity contribution is 5.87. The lowest BCUT2D eigenvalue weighted by Crippen LogP contribution is -2.44. The molecule has 2 aromatic rings. The van der Waals surface area contributed by atoms with Crippen LogP contribution in [0.1, 0.15) is 29.5 Å². The van der Waals surface area contributed by atoms with Gasteiger partial charge in [0, 0.05) is 35.9 Å². The molecule has 0 N–H and O–H groups in total. The summed E-state index contributed by atoms with van der Waals surface area (Å²) < 4.78 is 10.8. The molecule has 0 bridgehead atoms. The summed E-state index contributed by atoms with van der Waals surface area (Å²) in [6.07, 6.45) is 0.682. The van der Waals surface area contributed by atoms with Gasteiger partial charge in [-0.05, 0) is 44.4 Å². The zero-order chi connectivity index (χ0) is 19.7. The smallest absolute Gasteiger partial charge is 0.340 e. The van der Waals surface area contributed by atoms with Gasteiger partial charge >= 0.3 is 5.63 Å². The van der Waals surface area contributed by atoms with Crippen LogP contribution in [0.15, 0.2) is 21.3 Å². The standard InChI is InChI=1S/C20H23NO6/c1-11-14-4-5-16(26-3)12(2)18(14)27-20(25)15(11)10-17(22)21-8-6-13(7-9-21)19(23)24/h4-5,13H,6-10H2,1-3H3,(H,23,24)/p-1. The van der Waals surface area contributed by atoms with E-state index in [1.54, 1.807) is 25.0 Å². The van der Waals surface area contributed by atoms with Gasteiger partial charge in [0.2, 0.25) is 5.91 Å². The van der Waals surface area contributed by atoms with Gasteiger partial charge in [-0.25, -0.2) is 4.79 Å². The highest BCUT2D eigenvalue weighted by Crippen LogP contribution is 2.29. The monoisotopic (exact) mass is 372 g/mol. The summed E-state index contributed by atoms with van der Waals surface area (Å²) in [5, 5.41) is 11.7. The Kier molecular flexibility index (Phi) is 5.21. The third-order valence-electron chi connectivity index (χ3n) is 5.38. The summed E-state index contributed by atoms with van der Waals surface area (Å²) in [5.74, 6) is -1.16. The number of fused-ring (bicyclic) bond motifs is 1. The second kappa shape index (κ2) is 7.42. The van der Waals surface area contributed by atoms with E-state index in [9.17, 15) is 19.5 Å². The van der Waals surface area contributed by atoms with Crippen molar-refractivity contribution in [3.8, 4) is 5.75 Å². The van der Waals surface area contributed by atoms with E-state index in [0.717, 1.165) is 10.9 Å². The number of nitrogens with zero attached hydrogens (tertiary/aromatic N) is 1. The first-order valence-electron chi connectivity index (χ1n) is 8.92. The molecule has 1 aliphatic rings. The molecule has 27 heavy (non-hydrogen) atoms. The molecular weight excluding hydrogens is 350 g/mol. The molecular formula is C20H22NO6-. The van der Waals surface area contributed by atoms with Gasteiger partial charge in [-0.1, -0.05) is 0 Å². The van der Waals surface area contributed by atoms with Crippen molar-refractivity contribution in [2.75, 3.05) is 20.2 Å². The first-order valence-corrected chi connectivity index (χ1v) is 8.92. The fourth-order valence-corrected chi connectivity index (χ4v) is 3.62. The van der Waals surface area contributed by atoms with Crippen LogP contribution in [-0.4, -0.2) is 37.0 Å². The SMILES string of the molecule is COc1ccc2c(C)c(CC(=O)N3CCC(C(=O)[O-])CC3)c(=O)oc2c1C. The highest BCUT2D eigenvalue weighted by atomic mass is 16.5. The van der Waals surface area contributed by atoms with Crippen LogP contribution in [0.25, 0.3) is 11.0 Å². The number of likely N-dealkylation sites (tertiary alicyclic amines) is 1. The number of hydrogen-bond donors (Lipinski definition) is 0. The van der Waals surface area contributed by atoms with E-state index >= 15 is 0 Å². The molecule has 0 atom stereocenters. The molecule has 0 unspecified atom stereocenters. The van der Waals surface area contributed by atoms with Gasteiger partial charge in [0.15, 0.2) is 0 Å². The van der Waals surface area contributed by atoms with Gasteiger partial charge in [0.1, 0.15) is 11.3 Å². The number of aryl methyl sites for hydroxylation is 2. The Balaban J connectivity index is 1.86. The van der Waals surface area contributed by atoms with E-state index in [4.69, 9.17) is 9.15 Å². The van der Waals surface area contributed by atoms with Crippen LogP contribution >= 0.6 is 0 Å². The molecule has 1 aromatic carbocycles. The van der Waals surface area contributed by atoms with Crippen LogP contribution < -0.4 is 15.5 Å². The van der Waals surface area contributed by atoms with Crippen molar-refractivity contribution in [3.05, 3.63) is 39.2 Å². The van der Waals surface area contributed by atoms with Crippen LogP contribution in [0.2, 0.25) is 0 Å². The van der Waals surface area contributed by atoms with E-state index in [1.165, 1.54) is 0 Å². The number of rotatable bonds is 4. The molecule has 2 heterocycles. The number of amides is 1. The minimum Gasteiger partial charge on any atom is -0.550 e. The molecule has 3 rings (SSSR count). The number of methoxy groups -OCH3 is 1. The molecule has 1 aromatic heterocycles. The number of carbonyl (C=O) groups is 2. The zero-order valence-electron chi connectivity index (χ0n) is 15.7. The van der Waals surface area contributed by atoms with Gasteiger partial charge < -0.3 is 24.0 Å². The van der Waals surface area contributed by atoms with Gasteiger partial charge in [-0.15, -0.1) is 0 Å². The molecule has 1 amide bonds. The zero-order valence-corrected chi connectivity index (χ0v) is 15.7. The molecule has 1 fully saturated rings. The van der Waals surface area contributed by atoms with Crippen molar-refractivity contribution in [2.24, 2.45) is 5.92 Å². The average Bonchev–Trinajstić information content (AvgIpc) is 2.66. The quantitative estimate of drug-likeness (QED) is 0.741. The van der Waals surface area contributed by atoms with Crippen molar-refractivity contribution in [1.29, 1.82) is 0 Å². The Hall–Kier alpha value is -2.83. The molecule has 0 spiro atoms. The summed E-state index contributed by atoms with van der Waals surface area (Å²) in [6.45, 7) is 4.32. The minimum absolute atomic E-state index is 0.0643. The first-order chi connectivity index (χ1) is 12.8. The maximum Gasteiger partial charge on any atom is 0.340 e. The van der Waals surface area contributed by atoms with Gasteiger partial charge in [-0.2, -0.15) is 0 Å². The third kappa shape index (κ3) is 3.54. The van der Waals surface area contributed by atoms with Crippen LogP contribution in [0, 0.1) is 19.8 Å². The van der Waals surface area contributed by atoms with Crippen LogP contribution in [-0.2, 0) is 16.0 Å². The maximum atomic E-state index is 12.6. The first kappa shape index (κ1) is 18.9. The molecule has 144 valence electrons. The van der Waals surface area contributed by atoms with E-state index in [2.05, 4.69) is 0 Å². The van der Waals surface area contributed by atoms with Gasteiger partial charge in [0.25, 0.3) is 0 Å². The van der Waals surface area contributed by atoms with E-state index in [1.807, 2.05) is 13.0 Å². The number of carboxylic acid groups (broad SMARTS) is 1. The summed E-state index contributed by atoms with van der Waals surface area (Å²) in [6, 6.07) is 3.62. The molecule has 7 heteroatoms. The Morgan fingerprint density at radius 2 is 1.89 bits per heavy atom. The largest absolute Gasteiger partial charge is 0.550 e. The van der Waals surface area contributed by atoms with Crippen LogP contribution in [0.4, 0.5) is 0 Å². The number of piperidine rings is 1. The molecule has 0 saturated carbocycles. The Bertz CT molecular complexity index is 953. The second-order valence-electron chi connectivity index (χ2n) is 6.91. The molecule has 1 saturated heterocycles. The summed E-state index contributed by atoms with van der Waals surface area (Å²) in [5.41, 5.74) is 1.71. The van der Waals surface area contributed by atoms with Crippen molar-refractivity contribution >= 4 is 22.8 Å². The Morgan fingerprint density at radius 3 is 2.48 bits per heavy atom. The fourth-order valence-electron chi connectivity index (χ4n) is 3.62. The molecule has 1 aliphatic heterocycles. The predicted molar refractivity (Wildman–Crippen MR) is 96.5 cm³/mol. The summed E-state index contributed by atoms with van der Waals surface area (Å²) >= 11 is 0. The molecule has 7 nitrogen and oxygen atoms in total. The Labute approximate surface area is 156 Å². The summed E-state index contributed by atoms with van der Waals surface area (Å²) in [7, 11) is 1.55. The minimum atomic E-state index is -1.07. The van der Waals surface area contributed by atoms with Crippen molar-refractivity contribution in [2.45, 2.75) is 33.1 Å². The highest BCUT2D eigenvalue weighted by Gasteiger charge is 2.25. The number of aliphatic carboxylic acids is 1. The molecule has 0 aliphatic carbocycles. The second-order valence-corrected chi connectivity index (χ2v) is 6.91. The van der Waals surface area contributed by atoms with E-state index in [-0.39, 0.29) is 12.3 Å². The van der Waals surface area contributed by atoms with Crippen LogP contribution in [0.5, 0.6) is 5.75 Å². The average molecular weight is 372 g/mol. The van der Waals surface area contributed by atoms with Crippen LogP contribution in [0.3, 0.4) is 0 Å². The maximum absolute atomic E-state index is 12.6. The topological polar surface area (TPSA) is 99.9 Å². The lowest BCUT2D eigenvalue weighted by atomic mass is 9.96. The number of ether oxygens (including phenoxy) is 1. The third-order valence-corrected chi connectivity index (χ3v) is 5.38. The number of carbonyl (C=O) groups excluding carboxylic acids is 2. The van der Waals surface area contributed by atoms with E-state index < -0.39 is 17.5 Å². The van der Waals surface area contributed by atoms with Crippen molar-refractivity contribution in [1.82, 2.24) is 4.90 Å². The van der Waals surface area contributed by atoms with Gasteiger partial charge in [-0.3, -0.25) is 4.79 Å². The lowest BCUT2D eigenvalue weighted by molar-refractivity contribution is -0.312. The predicted octanol–water partition coefficient (Wildman–Crippen LogP) is 0.949. The number of hydrogen-bond acceptors (Lipinski definition) is 6. The lowest BCUT2D eigenvalue weighted by Gasteiger charge is -2.32. The molecule has 0 radical (unpaired) electrons. The Morgan fingerprint density at radius 1 is 1.22 bits per heavy atom. The van der Waals surface area contributed by atoms with E-state index in [0.29, 0.717) is 48.4 Å². The van der Waals surface area contributed by atoms with Crippen molar-refractivity contribution < 1.29 is 23.8 Å². The van der Waals surface area contributed by atoms with Crippen molar-refractivity contribution in [3.63, 3.8) is 0 Å². The normalized spacial score (nSPS) is 15.1. The fraction of sp³-hybridized carbons (Fsp3) is 0.450. The van der Waals surface area contributed by atoms with Gasteiger partial charge in [0.05, 0.1) is 19.1 Å². The summed E-state index contributed by atoms with van der Waals surface area (Å²) in [4.78, 5) is 37.6.